The Balaban J connectivity index is 1.46. The van der Waals surface area contributed by atoms with E-state index in [0.29, 0.717) is 43.4 Å². The third-order valence-corrected chi connectivity index (χ3v) is 4.79. The molecule has 0 saturated carbocycles. The lowest BCUT2D eigenvalue weighted by Gasteiger charge is -2.34. The Kier molecular flexibility index (Phi) is 5.22. The number of anilines is 1. The first-order valence-corrected chi connectivity index (χ1v) is 8.78. The van der Waals surface area contributed by atoms with Crippen molar-refractivity contribution in [1.82, 2.24) is 14.8 Å². The summed E-state index contributed by atoms with van der Waals surface area (Å²) < 4.78 is 0. The van der Waals surface area contributed by atoms with E-state index >= 15 is 0 Å². The van der Waals surface area contributed by atoms with Crippen LogP contribution >= 0.6 is 11.3 Å². The summed E-state index contributed by atoms with van der Waals surface area (Å²) in [5, 5.41) is 5.36. The summed E-state index contributed by atoms with van der Waals surface area (Å²) in [7, 11) is 0. The number of carbonyl (C=O) groups excluding carboxylic acids is 2. The van der Waals surface area contributed by atoms with Crippen LogP contribution in [0.5, 0.6) is 0 Å². The minimum Gasteiger partial charge on any atom is -0.336 e. The van der Waals surface area contributed by atoms with Gasteiger partial charge in [0.1, 0.15) is 0 Å². The van der Waals surface area contributed by atoms with E-state index in [1.54, 1.807) is 0 Å². The van der Waals surface area contributed by atoms with Gasteiger partial charge in [0.05, 0.1) is 12.2 Å². The van der Waals surface area contributed by atoms with Gasteiger partial charge in [0.25, 0.3) is 5.91 Å². The van der Waals surface area contributed by atoms with Crippen LogP contribution in [0.1, 0.15) is 16.1 Å². The summed E-state index contributed by atoms with van der Waals surface area (Å²) >= 11 is 1.43. The number of hydrogen-bond acceptors (Lipinski definition) is 5. The van der Waals surface area contributed by atoms with Crippen LogP contribution in [0, 0.1) is 6.92 Å². The first kappa shape index (κ1) is 16.6. The van der Waals surface area contributed by atoms with E-state index in [2.05, 4.69) is 15.2 Å². The van der Waals surface area contributed by atoms with E-state index in [0.717, 1.165) is 5.69 Å². The molecular weight excluding hydrogens is 324 g/mol. The predicted octanol–water partition coefficient (Wildman–Crippen LogP) is 1.85. The average molecular weight is 344 g/mol. The van der Waals surface area contributed by atoms with Crippen LogP contribution in [0.15, 0.2) is 35.7 Å². The standard InChI is InChI=1S/C17H20N4O2S/c1-13-12-24-17(18-13)19-15(22)11-20-7-9-21(10-8-20)16(23)14-5-3-2-4-6-14/h2-6,12H,7-11H2,1H3,(H,18,19,22). The highest BCUT2D eigenvalue weighted by molar-refractivity contribution is 7.13. The van der Waals surface area contributed by atoms with Crippen LogP contribution in [0.2, 0.25) is 0 Å². The van der Waals surface area contributed by atoms with Crippen LogP contribution in [-0.4, -0.2) is 59.3 Å². The van der Waals surface area contributed by atoms with Crippen LogP contribution < -0.4 is 5.32 Å². The molecule has 126 valence electrons. The number of nitrogens with one attached hydrogen (secondary N) is 1. The Labute approximate surface area is 145 Å². The molecule has 2 amide bonds. The zero-order valence-electron chi connectivity index (χ0n) is 13.6. The number of benzene rings is 1. The molecule has 1 aromatic heterocycles. The summed E-state index contributed by atoms with van der Waals surface area (Å²) in [6, 6.07) is 9.30. The lowest BCUT2D eigenvalue weighted by Crippen LogP contribution is -2.50. The molecule has 0 radical (unpaired) electrons. The van der Waals surface area contributed by atoms with Crippen molar-refractivity contribution in [3.8, 4) is 0 Å². The quantitative estimate of drug-likeness (QED) is 0.919. The van der Waals surface area contributed by atoms with Gasteiger partial charge in [0.2, 0.25) is 5.91 Å². The lowest BCUT2D eigenvalue weighted by molar-refractivity contribution is -0.117. The zero-order valence-corrected chi connectivity index (χ0v) is 14.4. The second-order valence-corrected chi connectivity index (χ2v) is 6.63. The molecule has 1 saturated heterocycles. The van der Waals surface area contributed by atoms with Gasteiger partial charge in [-0.15, -0.1) is 11.3 Å². The minimum absolute atomic E-state index is 0.0537. The number of aromatic nitrogens is 1. The Hall–Kier alpha value is -2.25. The summed E-state index contributed by atoms with van der Waals surface area (Å²) in [6.45, 7) is 4.89. The number of rotatable bonds is 4. The van der Waals surface area contributed by atoms with Crippen molar-refractivity contribution in [1.29, 1.82) is 0 Å². The summed E-state index contributed by atoms with van der Waals surface area (Å²) in [5.74, 6) is -0.00912. The molecule has 24 heavy (non-hydrogen) atoms. The summed E-state index contributed by atoms with van der Waals surface area (Å²) in [4.78, 5) is 32.6. The highest BCUT2D eigenvalue weighted by atomic mass is 32.1. The molecule has 0 aliphatic carbocycles. The fraction of sp³-hybridized carbons (Fsp3) is 0.353. The SMILES string of the molecule is Cc1csc(NC(=O)CN2CCN(C(=O)c3ccccc3)CC2)n1. The average Bonchev–Trinajstić information content (AvgIpc) is 3.00. The third-order valence-electron chi connectivity index (χ3n) is 3.91. The largest absolute Gasteiger partial charge is 0.336 e. The predicted molar refractivity (Wildman–Crippen MR) is 94.3 cm³/mol. The fourth-order valence-electron chi connectivity index (χ4n) is 2.65. The molecule has 2 heterocycles. The Bertz CT molecular complexity index is 708. The van der Waals surface area contributed by atoms with E-state index in [1.807, 2.05) is 47.5 Å². The van der Waals surface area contributed by atoms with Gasteiger partial charge < -0.3 is 10.2 Å². The second kappa shape index (κ2) is 7.55. The fourth-order valence-corrected chi connectivity index (χ4v) is 3.35. The molecule has 7 heteroatoms. The third kappa shape index (κ3) is 4.18. The van der Waals surface area contributed by atoms with Crippen molar-refractivity contribution in [3.05, 3.63) is 47.0 Å². The number of hydrogen-bond donors (Lipinski definition) is 1. The van der Waals surface area contributed by atoms with Crippen molar-refractivity contribution in [2.24, 2.45) is 0 Å². The van der Waals surface area contributed by atoms with Crippen LogP contribution in [0.4, 0.5) is 5.13 Å². The van der Waals surface area contributed by atoms with E-state index in [4.69, 9.17) is 0 Å². The van der Waals surface area contributed by atoms with Gasteiger partial charge in [0.15, 0.2) is 5.13 Å². The molecule has 0 spiro atoms. The number of aryl methyl sites for hydroxylation is 1. The van der Waals surface area contributed by atoms with Crippen molar-refractivity contribution >= 4 is 28.3 Å². The monoisotopic (exact) mass is 344 g/mol. The molecule has 2 aromatic rings. The molecule has 1 fully saturated rings. The van der Waals surface area contributed by atoms with Crippen LogP contribution in [-0.2, 0) is 4.79 Å². The van der Waals surface area contributed by atoms with Gasteiger partial charge in [-0.1, -0.05) is 18.2 Å². The lowest BCUT2D eigenvalue weighted by atomic mass is 10.2. The van der Waals surface area contributed by atoms with Crippen molar-refractivity contribution < 1.29 is 9.59 Å². The highest BCUT2D eigenvalue weighted by Crippen LogP contribution is 2.14. The van der Waals surface area contributed by atoms with E-state index in [9.17, 15) is 9.59 Å². The maximum atomic E-state index is 12.4. The minimum atomic E-state index is -0.0628. The summed E-state index contributed by atoms with van der Waals surface area (Å²) in [6.07, 6.45) is 0. The van der Waals surface area contributed by atoms with Gasteiger partial charge in [-0.3, -0.25) is 14.5 Å². The van der Waals surface area contributed by atoms with Gasteiger partial charge in [-0.25, -0.2) is 4.98 Å². The smallest absolute Gasteiger partial charge is 0.253 e. The first-order chi connectivity index (χ1) is 11.6. The second-order valence-electron chi connectivity index (χ2n) is 5.78. The van der Waals surface area contributed by atoms with E-state index in [-0.39, 0.29) is 11.8 Å². The summed E-state index contributed by atoms with van der Waals surface area (Å²) in [5.41, 5.74) is 1.62. The van der Waals surface area contributed by atoms with Gasteiger partial charge in [-0.05, 0) is 19.1 Å². The molecule has 6 nitrogen and oxygen atoms in total. The van der Waals surface area contributed by atoms with Gasteiger partial charge in [-0.2, -0.15) is 0 Å². The molecule has 0 atom stereocenters. The zero-order chi connectivity index (χ0) is 16.9. The Morgan fingerprint density at radius 1 is 1.17 bits per heavy atom. The number of nitrogens with zero attached hydrogens (tertiary/aromatic N) is 3. The number of carbonyl (C=O) groups is 2. The molecule has 3 rings (SSSR count). The topological polar surface area (TPSA) is 65.5 Å². The van der Waals surface area contributed by atoms with E-state index < -0.39 is 0 Å². The van der Waals surface area contributed by atoms with Gasteiger partial charge in [0, 0.05) is 37.1 Å². The van der Waals surface area contributed by atoms with E-state index in [1.165, 1.54) is 11.3 Å². The highest BCUT2D eigenvalue weighted by Gasteiger charge is 2.23. The first-order valence-electron chi connectivity index (χ1n) is 7.90. The van der Waals surface area contributed by atoms with Crippen LogP contribution in [0.25, 0.3) is 0 Å². The number of thiazole rings is 1. The molecule has 1 N–H and O–H groups in total. The molecule has 1 aliphatic heterocycles. The Morgan fingerprint density at radius 3 is 2.50 bits per heavy atom. The molecule has 0 unspecified atom stereocenters. The maximum Gasteiger partial charge on any atom is 0.253 e. The Morgan fingerprint density at radius 2 is 1.88 bits per heavy atom. The number of amides is 2. The van der Waals surface area contributed by atoms with Crippen molar-refractivity contribution in [3.63, 3.8) is 0 Å². The molecule has 0 bridgehead atoms. The van der Waals surface area contributed by atoms with Crippen LogP contribution in [0.3, 0.4) is 0 Å². The maximum absolute atomic E-state index is 12.4. The molecule has 1 aromatic carbocycles. The normalized spacial score (nSPS) is 15.3. The van der Waals surface area contributed by atoms with Gasteiger partial charge >= 0.3 is 0 Å². The molecular formula is C17H20N4O2S. The molecule has 1 aliphatic rings. The van der Waals surface area contributed by atoms with Crippen molar-refractivity contribution in [2.75, 3.05) is 38.0 Å². The number of piperazine rings is 1. The van der Waals surface area contributed by atoms with Crippen molar-refractivity contribution in [2.45, 2.75) is 6.92 Å².